The lowest BCUT2D eigenvalue weighted by Crippen LogP contribution is -2.59. The number of rotatable bonds is 16. The van der Waals surface area contributed by atoms with Crippen LogP contribution in [-0.2, 0) is 35.2 Å². The van der Waals surface area contributed by atoms with Crippen LogP contribution in [0.25, 0.3) is 0 Å². The number of amides is 5. The van der Waals surface area contributed by atoms with E-state index >= 15 is 0 Å². The molecule has 0 aliphatic rings. The molecule has 5 unspecified atom stereocenters. The lowest BCUT2D eigenvalue weighted by Gasteiger charge is -2.28. The Morgan fingerprint density at radius 3 is 1.97 bits per heavy atom. The SMILES string of the molecule is CCC(C)C(NC(=O)C(N)Cc1ccccc1)C(=O)NC(CCC(N)=O)C(=O)NC(CC(N)=O)C(=O)O. The zero-order valence-corrected chi connectivity index (χ0v) is 20.9. The Morgan fingerprint density at radius 1 is 0.865 bits per heavy atom. The Morgan fingerprint density at radius 2 is 1.46 bits per heavy atom. The second kappa shape index (κ2) is 15.2. The topological polar surface area (TPSA) is 237 Å². The highest BCUT2D eigenvalue weighted by Crippen LogP contribution is 2.11. The molecule has 5 amide bonds. The molecule has 13 heteroatoms. The third-order valence-electron chi connectivity index (χ3n) is 5.76. The molecule has 0 saturated carbocycles. The second-order valence-electron chi connectivity index (χ2n) is 8.80. The van der Waals surface area contributed by atoms with E-state index in [1.165, 1.54) is 0 Å². The number of nitrogens with two attached hydrogens (primary N) is 3. The Labute approximate surface area is 214 Å². The zero-order chi connectivity index (χ0) is 28.1. The molecule has 37 heavy (non-hydrogen) atoms. The highest BCUT2D eigenvalue weighted by Gasteiger charge is 2.33. The van der Waals surface area contributed by atoms with Crippen molar-refractivity contribution in [3.8, 4) is 0 Å². The lowest BCUT2D eigenvalue weighted by atomic mass is 9.96. The van der Waals surface area contributed by atoms with Crippen molar-refractivity contribution in [2.75, 3.05) is 0 Å². The predicted molar refractivity (Wildman–Crippen MR) is 133 cm³/mol. The van der Waals surface area contributed by atoms with Crippen molar-refractivity contribution in [3.05, 3.63) is 35.9 Å². The second-order valence-corrected chi connectivity index (χ2v) is 8.80. The quantitative estimate of drug-likeness (QED) is 0.132. The number of carboxylic acid groups (broad SMARTS) is 1. The fraction of sp³-hybridized carbons (Fsp3) is 0.500. The predicted octanol–water partition coefficient (Wildman–Crippen LogP) is -1.72. The highest BCUT2D eigenvalue weighted by molar-refractivity contribution is 5.95. The Kier molecular flexibility index (Phi) is 12.7. The fourth-order valence-electron chi connectivity index (χ4n) is 3.41. The standard InChI is InChI=1S/C24H36N6O7/c1-3-13(2)20(30-21(33)15(25)11-14-7-5-4-6-8-14)23(35)28-16(9-10-18(26)31)22(34)29-17(24(36)37)12-19(27)32/h4-8,13,15-17,20H,3,9-12,25H2,1-2H3,(H2,26,31)(H2,27,32)(H,28,35)(H,29,34)(H,30,33)(H,36,37). The summed E-state index contributed by atoms with van der Waals surface area (Å²) in [6.07, 6.45) is -0.493. The summed E-state index contributed by atoms with van der Waals surface area (Å²) in [6.45, 7) is 3.53. The van der Waals surface area contributed by atoms with E-state index in [2.05, 4.69) is 16.0 Å². The van der Waals surface area contributed by atoms with Gasteiger partial charge in [0.15, 0.2) is 0 Å². The third-order valence-corrected chi connectivity index (χ3v) is 5.76. The molecule has 0 fully saturated rings. The Hall–Kier alpha value is -4.00. The van der Waals surface area contributed by atoms with Crippen molar-refractivity contribution in [2.45, 2.75) is 70.1 Å². The first-order valence-electron chi connectivity index (χ1n) is 11.9. The molecule has 10 N–H and O–H groups in total. The minimum Gasteiger partial charge on any atom is -0.480 e. The van der Waals surface area contributed by atoms with Crippen LogP contribution >= 0.6 is 0 Å². The summed E-state index contributed by atoms with van der Waals surface area (Å²) in [7, 11) is 0. The van der Waals surface area contributed by atoms with Gasteiger partial charge in [-0.25, -0.2) is 4.79 Å². The van der Waals surface area contributed by atoms with E-state index in [9.17, 15) is 33.9 Å². The summed E-state index contributed by atoms with van der Waals surface area (Å²) in [5.74, 6) is -5.86. The molecule has 0 spiro atoms. The van der Waals surface area contributed by atoms with Gasteiger partial charge in [-0.3, -0.25) is 24.0 Å². The summed E-state index contributed by atoms with van der Waals surface area (Å²) in [6, 6.07) is 4.04. The maximum absolute atomic E-state index is 13.2. The van der Waals surface area contributed by atoms with E-state index in [1.54, 1.807) is 13.8 Å². The number of hydrogen-bond donors (Lipinski definition) is 7. The number of nitrogens with one attached hydrogen (secondary N) is 3. The first-order chi connectivity index (χ1) is 17.3. The van der Waals surface area contributed by atoms with Gasteiger partial charge in [-0.1, -0.05) is 50.6 Å². The molecule has 13 nitrogen and oxygen atoms in total. The van der Waals surface area contributed by atoms with Crippen molar-refractivity contribution in [1.82, 2.24) is 16.0 Å². The van der Waals surface area contributed by atoms with Crippen LogP contribution in [0, 0.1) is 5.92 Å². The molecular formula is C24H36N6O7. The van der Waals surface area contributed by atoms with E-state index in [4.69, 9.17) is 17.2 Å². The number of carbonyl (C=O) groups excluding carboxylic acids is 5. The summed E-state index contributed by atoms with van der Waals surface area (Å²) >= 11 is 0. The summed E-state index contributed by atoms with van der Waals surface area (Å²) in [4.78, 5) is 72.6. The molecule has 204 valence electrons. The van der Waals surface area contributed by atoms with Crippen LogP contribution in [0.4, 0.5) is 0 Å². The van der Waals surface area contributed by atoms with Gasteiger partial charge in [0.1, 0.15) is 18.1 Å². The van der Waals surface area contributed by atoms with E-state index < -0.39 is 66.1 Å². The van der Waals surface area contributed by atoms with Crippen molar-refractivity contribution in [1.29, 1.82) is 0 Å². The van der Waals surface area contributed by atoms with Crippen LogP contribution in [0.15, 0.2) is 30.3 Å². The number of aliphatic carboxylic acids is 1. The van der Waals surface area contributed by atoms with Gasteiger partial charge in [-0.2, -0.15) is 0 Å². The van der Waals surface area contributed by atoms with E-state index in [0.717, 1.165) is 5.56 Å². The molecule has 5 atom stereocenters. The van der Waals surface area contributed by atoms with E-state index in [0.29, 0.717) is 6.42 Å². The zero-order valence-electron chi connectivity index (χ0n) is 20.9. The number of carbonyl (C=O) groups is 6. The molecule has 0 aromatic heterocycles. The van der Waals surface area contributed by atoms with Crippen molar-refractivity contribution in [3.63, 3.8) is 0 Å². The minimum absolute atomic E-state index is 0.238. The van der Waals surface area contributed by atoms with Gasteiger partial charge >= 0.3 is 5.97 Å². The van der Waals surface area contributed by atoms with Gasteiger partial charge in [-0.15, -0.1) is 0 Å². The van der Waals surface area contributed by atoms with Crippen LogP contribution in [0.3, 0.4) is 0 Å². The summed E-state index contributed by atoms with van der Waals surface area (Å²) in [5.41, 5.74) is 17.1. The van der Waals surface area contributed by atoms with Crippen LogP contribution in [0.5, 0.6) is 0 Å². The summed E-state index contributed by atoms with van der Waals surface area (Å²) < 4.78 is 0. The van der Waals surface area contributed by atoms with Crippen molar-refractivity contribution >= 4 is 35.5 Å². The first-order valence-corrected chi connectivity index (χ1v) is 11.9. The molecule has 0 aliphatic carbocycles. The first kappa shape index (κ1) is 31.0. The molecule has 0 bridgehead atoms. The smallest absolute Gasteiger partial charge is 0.326 e. The maximum atomic E-state index is 13.2. The van der Waals surface area contributed by atoms with E-state index in [1.807, 2.05) is 30.3 Å². The average molecular weight is 521 g/mol. The monoisotopic (exact) mass is 520 g/mol. The Bertz CT molecular complexity index is 972. The van der Waals surface area contributed by atoms with Crippen LogP contribution in [0.2, 0.25) is 0 Å². The third kappa shape index (κ3) is 11.1. The molecule has 0 heterocycles. The molecule has 1 aromatic rings. The molecule has 0 saturated heterocycles. The molecular weight excluding hydrogens is 484 g/mol. The minimum atomic E-state index is -1.64. The van der Waals surface area contributed by atoms with E-state index in [-0.39, 0.29) is 25.2 Å². The molecule has 1 rings (SSSR count). The van der Waals surface area contributed by atoms with Gasteiger partial charge in [0, 0.05) is 6.42 Å². The fourth-order valence-corrected chi connectivity index (χ4v) is 3.41. The normalized spacial score (nSPS) is 14.8. The Balaban J connectivity index is 3.02. The van der Waals surface area contributed by atoms with Gasteiger partial charge in [0.05, 0.1) is 12.5 Å². The van der Waals surface area contributed by atoms with Gasteiger partial charge in [0.2, 0.25) is 29.5 Å². The lowest BCUT2D eigenvalue weighted by molar-refractivity contribution is -0.144. The van der Waals surface area contributed by atoms with Gasteiger partial charge in [-0.05, 0) is 24.3 Å². The highest BCUT2D eigenvalue weighted by atomic mass is 16.4. The van der Waals surface area contributed by atoms with Gasteiger partial charge in [0.25, 0.3) is 0 Å². The summed E-state index contributed by atoms with van der Waals surface area (Å²) in [5, 5.41) is 16.5. The number of hydrogen-bond acceptors (Lipinski definition) is 7. The van der Waals surface area contributed by atoms with Crippen molar-refractivity contribution < 1.29 is 33.9 Å². The number of benzene rings is 1. The van der Waals surface area contributed by atoms with Crippen molar-refractivity contribution in [2.24, 2.45) is 23.1 Å². The number of primary amides is 2. The largest absolute Gasteiger partial charge is 0.480 e. The van der Waals surface area contributed by atoms with Crippen LogP contribution in [-0.4, -0.2) is 64.8 Å². The number of carboxylic acids is 1. The van der Waals surface area contributed by atoms with Crippen LogP contribution < -0.4 is 33.2 Å². The molecule has 0 aliphatic heterocycles. The molecule has 1 aromatic carbocycles. The van der Waals surface area contributed by atoms with Gasteiger partial charge < -0.3 is 38.3 Å². The molecule has 0 radical (unpaired) electrons. The van der Waals surface area contributed by atoms with Crippen LogP contribution in [0.1, 0.15) is 45.1 Å². The average Bonchev–Trinajstić information content (AvgIpc) is 2.83. The maximum Gasteiger partial charge on any atom is 0.326 e.